The summed E-state index contributed by atoms with van der Waals surface area (Å²) in [7, 11) is 1.53. The number of halogens is 1. The zero-order valence-electron chi connectivity index (χ0n) is 13.2. The van der Waals surface area contributed by atoms with Gasteiger partial charge in [-0.1, -0.05) is 17.7 Å². The fourth-order valence-corrected chi connectivity index (χ4v) is 2.31. The average Bonchev–Trinajstić information content (AvgIpc) is 2.57. The predicted octanol–water partition coefficient (Wildman–Crippen LogP) is 2.73. The van der Waals surface area contributed by atoms with Gasteiger partial charge in [-0.15, -0.1) is 0 Å². The Bertz CT molecular complexity index is 777. The van der Waals surface area contributed by atoms with Crippen molar-refractivity contribution in [2.24, 2.45) is 0 Å². The van der Waals surface area contributed by atoms with E-state index in [2.05, 4.69) is 10.6 Å². The molecule has 0 aliphatic carbocycles. The third-order valence-corrected chi connectivity index (χ3v) is 3.45. The van der Waals surface area contributed by atoms with Crippen LogP contribution < -0.4 is 15.4 Å². The Morgan fingerprint density at radius 1 is 1.25 bits per heavy atom. The summed E-state index contributed by atoms with van der Waals surface area (Å²) in [5.41, 5.74) is 1.20. The first-order valence-electron chi connectivity index (χ1n) is 7.14. The number of hydrogen-bond donors (Lipinski definition) is 3. The minimum Gasteiger partial charge on any atom is -0.505 e. The van der Waals surface area contributed by atoms with Crippen LogP contribution in [0.4, 0.5) is 5.69 Å². The van der Waals surface area contributed by atoms with E-state index in [1.54, 1.807) is 31.2 Å². The van der Waals surface area contributed by atoms with Gasteiger partial charge in [-0.2, -0.15) is 0 Å². The van der Waals surface area contributed by atoms with Crippen molar-refractivity contribution in [1.29, 1.82) is 0 Å². The van der Waals surface area contributed by atoms with Gasteiger partial charge in [0, 0.05) is 17.6 Å². The molecule has 24 heavy (non-hydrogen) atoms. The number of carbonyl (C=O) groups excluding carboxylic acids is 2. The Morgan fingerprint density at radius 2 is 2.00 bits per heavy atom. The van der Waals surface area contributed by atoms with Gasteiger partial charge in [-0.05, 0) is 42.8 Å². The normalized spacial score (nSPS) is 10.1. The zero-order valence-corrected chi connectivity index (χ0v) is 14.0. The van der Waals surface area contributed by atoms with Gasteiger partial charge in [0.25, 0.3) is 11.8 Å². The minimum absolute atomic E-state index is 0.0469. The van der Waals surface area contributed by atoms with Crippen molar-refractivity contribution in [2.75, 3.05) is 19.0 Å². The lowest BCUT2D eigenvalue weighted by Gasteiger charge is -2.11. The summed E-state index contributed by atoms with van der Waals surface area (Å²) in [5.74, 6) is -0.367. The fourth-order valence-electron chi connectivity index (χ4n) is 2.04. The molecule has 2 aromatic carbocycles. The molecule has 0 heterocycles. The van der Waals surface area contributed by atoms with Gasteiger partial charge in [0.05, 0.1) is 5.69 Å². The van der Waals surface area contributed by atoms with Crippen molar-refractivity contribution < 1.29 is 19.4 Å². The van der Waals surface area contributed by atoms with E-state index in [4.69, 9.17) is 16.3 Å². The van der Waals surface area contributed by atoms with E-state index >= 15 is 0 Å². The number of phenolic OH excluding ortho intramolecular Hbond substituents is 1. The molecule has 2 rings (SSSR count). The number of rotatable bonds is 5. The number of ether oxygens (including phenoxy) is 1. The molecule has 3 N–H and O–H groups in total. The molecule has 2 amide bonds. The second-order valence-corrected chi connectivity index (χ2v) is 5.50. The molecule has 0 saturated carbocycles. The summed E-state index contributed by atoms with van der Waals surface area (Å²) < 4.78 is 5.37. The lowest BCUT2D eigenvalue weighted by Crippen LogP contribution is -2.21. The van der Waals surface area contributed by atoms with E-state index in [-0.39, 0.29) is 24.0 Å². The summed E-state index contributed by atoms with van der Waals surface area (Å²) in [4.78, 5) is 23.5. The molecule has 0 aliphatic rings. The smallest absolute Gasteiger partial charge is 0.262 e. The average molecular weight is 349 g/mol. The molecule has 0 saturated heterocycles. The first-order chi connectivity index (χ1) is 11.4. The van der Waals surface area contributed by atoms with Crippen molar-refractivity contribution in [3.05, 3.63) is 52.5 Å². The highest BCUT2D eigenvalue weighted by atomic mass is 35.5. The molecule has 0 aliphatic heterocycles. The molecule has 0 unspecified atom stereocenters. The molecular weight excluding hydrogens is 332 g/mol. The second-order valence-electron chi connectivity index (χ2n) is 5.06. The lowest BCUT2D eigenvalue weighted by atomic mass is 10.2. The van der Waals surface area contributed by atoms with E-state index in [9.17, 15) is 14.7 Å². The standard InChI is InChI=1S/C17H17ClN2O4/c1-10-6-12(18)8-14(16(10)22)20-15(21)9-24-13-5-3-4-11(7-13)17(23)19-2/h3-8,22H,9H2,1-2H3,(H,19,23)(H,20,21). The van der Waals surface area contributed by atoms with Gasteiger partial charge >= 0.3 is 0 Å². The number of benzene rings is 2. The Kier molecular flexibility index (Phi) is 5.65. The molecule has 2 aromatic rings. The van der Waals surface area contributed by atoms with Crippen LogP contribution in [-0.4, -0.2) is 30.6 Å². The van der Waals surface area contributed by atoms with Crippen LogP contribution in [0.3, 0.4) is 0 Å². The highest BCUT2D eigenvalue weighted by Gasteiger charge is 2.11. The van der Waals surface area contributed by atoms with Gasteiger partial charge < -0.3 is 20.5 Å². The number of amides is 2. The summed E-state index contributed by atoms with van der Waals surface area (Å²) in [6.07, 6.45) is 0. The number of anilines is 1. The quantitative estimate of drug-likeness (QED) is 0.725. The summed E-state index contributed by atoms with van der Waals surface area (Å²) in [6.45, 7) is 1.40. The molecule has 0 radical (unpaired) electrons. The molecule has 0 bridgehead atoms. The van der Waals surface area contributed by atoms with Crippen LogP contribution in [0.15, 0.2) is 36.4 Å². The van der Waals surface area contributed by atoms with Crippen LogP contribution in [0.1, 0.15) is 15.9 Å². The van der Waals surface area contributed by atoms with Gasteiger partial charge in [-0.25, -0.2) is 0 Å². The van der Waals surface area contributed by atoms with Crippen LogP contribution in [0, 0.1) is 6.92 Å². The van der Waals surface area contributed by atoms with E-state index in [1.165, 1.54) is 19.2 Å². The monoisotopic (exact) mass is 348 g/mol. The van der Waals surface area contributed by atoms with Crippen molar-refractivity contribution in [3.63, 3.8) is 0 Å². The topological polar surface area (TPSA) is 87.7 Å². The first kappa shape index (κ1) is 17.6. The Labute approximate surface area is 144 Å². The van der Waals surface area contributed by atoms with E-state index in [0.717, 1.165) is 0 Å². The Hall–Kier alpha value is -2.73. The molecule has 0 spiro atoms. The Balaban J connectivity index is 2.00. The first-order valence-corrected chi connectivity index (χ1v) is 7.52. The summed E-state index contributed by atoms with van der Waals surface area (Å²) in [5, 5.41) is 15.4. The van der Waals surface area contributed by atoms with Crippen LogP contribution in [0.5, 0.6) is 11.5 Å². The van der Waals surface area contributed by atoms with E-state index < -0.39 is 5.91 Å². The minimum atomic E-state index is -0.461. The lowest BCUT2D eigenvalue weighted by molar-refractivity contribution is -0.118. The maximum Gasteiger partial charge on any atom is 0.262 e. The molecule has 6 nitrogen and oxygen atoms in total. The van der Waals surface area contributed by atoms with E-state index in [0.29, 0.717) is 21.9 Å². The predicted molar refractivity (Wildman–Crippen MR) is 91.8 cm³/mol. The number of hydrogen-bond acceptors (Lipinski definition) is 4. The van der Waals surface area contributed by atoms with Gasteiger partial charge in [-0.3, -0.25) is 9.59 Å². The van der Waals surface area contributed by atoms with Crippen LogP contribution in [-0.2, 0) is 4.79 Å². The molecule has 0 fully saturated rings. The fraction of sp³-hybridized carbons (Fsp3) is 0.176. The summed E-state index contributed by atoms with van der Waals surface area (Å²) in [6, 6.07) is 9.51. The van der Waals surface area contributed by atoms with Crippen molar-refractivity contribution in [3.8, 4) is 11.5 Å². The molecule has 0 aromatic heterocycles. The Morgan fingerprint density at radius 3 is 2.71 bits per heavy atom. The zero-order chi connectivity index (χ0) is 17.7. The van der Waals surface area contributed by atoms with Gasteiger partial charge in [0.15, 0.2) is 6.61 Å². The van der Waals surface area contributed by atoms with Crippen molar-refractivity contribution >= 4 is 29.1 Å². The highest BCUT2D eigenvalue weighted by molar-refractivity contribution is 6.31. The van der Waals surface area contributed by atoms with Crippen molar-refractivity contribution in [1.82, 2.24) is 5.32 Å². The third kappa shape index (κ3) is 4.39. The maximum absolute atomic E-state index is 12.0. The SMILES string of the molecule is CNC(=O)c1cccc(OCC(=O)Nc2cc(Cl)cc(C)c2O)c1. The van der Waals surface area contributed by atoms with Crippen LogP contribution in [0.2, 0.25) is 5.02 Å². The highest BCUT2D eigenvalue weighted by Crippen LogP contribution is 2.30. The largest absolute Gasteiger partial charge is 0.505 e. The second kappa shape index (κ2) is 7.70. The summed E-state index contributed by atoms with van der Waals surface area (Å²) >= 11 is 5.91. The molecule has 126 valence electrons. The van der Waals surface area contributed by atoms with E-state index in [1.807, 2.05) is 0 Å². The van der Waals surface area contributed by atoms with Crippen LogP contribution >= 0.6 is 11.6 Å². The molecule has 0 atom stereocenters. The number of phenols is 1. The number of carbonyl (C=O) groups is 2. The van der Waals surface area contributed by atoms with Crippen molar-refractivity contribution in [2.45, 2.75) is 6.92 Å². The third-order valence-electron chi connectivity index (χ3n) is 3.23. The van der Waals surface area contributed by atoms with Gasteiger partial charge in [0.2, 0.25) is 0 Å². The maximum atomic E-state index is 12.0. The van der Waals surface area contributed by atoms with Crippen LogP contribution in [0.25, 0.3) is 0 Å². The number of aryl methyl sites for hydroxylation is 1. The molecular formula is C17H17ClN2O4. The van der Waals surface area contributed by atoms with Gasteiger partial charge in [0.1, 0.15) is 11.5 Å². The number of nitrogens with one attached hydrogen (secondary N) is 2. The number of aromatic hydroxyl groups is 1. The molecule has 7 heteroatoms.